The molecule has 4 nitrogen and oxygen atoms in total. The second kappa shape index (κ2) is 5.60. The summed E-state index contributed by atoms with van der Waals surface area (Å²) in [5, 5.41) is 12.4. The number of carbonyl (C=O) groups is 1. The molecule has 2 rings (SSSR count). The van der Waals surface area contributed by atoms with Gasteiger partial charge in [0.25, 0.3) is 0 Å². The first-order valence-electron chi connectivity index (χ1n) is 5.40. The Hall–Kier alpha value is -0.940. The van der Waals surface area contributed by atoms with Gasteiger partial charge in [0.05, 0.1) is 10.6 Å². The second-order valence-corrected chi connectivity index (χ2v) is 5.52. The van der Waals surface area contributed by atoms with Crippen LogP contribution in [-0.4, -0.2) is 33.6 Å². The molecular weight excluding hydrogens is 260 g/mol. The Kier molecular flexibility index (Phi) is 4.12. The monoisotopic (exact) mass is 272 g/mol. The number of aromatic nitrogens is 1. The highest BCUT2D eigenvalue weighted by Crippen LogP contribution is 2.22. The zero-order valence-electron chi connectivity index (χ0n) is 9.15. The van der Waals surface area contributed by atoms with Gasteiger partial charge in [-0.1, -0.05) is 11.6 Å². The number of aromatic carboxylic acids is 1. The van der Waals surface area contributed by atoms with Crippen molar-refractivity contribution in [3.8, 4) is 0 Å². The number of carboxylic acid groups (broad SMARTS) is 1. The SMILES string of the molecule is O=C(O)c1cc(NC2CCSCC2)ncc1Cl. The van der Waals surface area contributed by atoms with Crippen LogP contribution >= 0.6 is 23.4 Å². The summed E-state index contributed by atoms with van der Waals surface area (Å²) in [4.78, 5) is 15.0. The number of hydrogen-bond donors (Lipinski definition) is 2. The third-order valence-corrected chi connectivity index (χ3v) is 4.01. The van der Waals surface area contributed by atoms with Crippen molar-refractivity contribution in [2.75, 3.05) is 16.8 Å². The number of pyridine rings is 1. The molecule has 1 aromatic rings. The summed E-state index contributed by atoms with van der Waals surface area (Å²) in [6.45, 7) is 0. The van der Waals surface area contributed by atoms with Crippen LogP contribution in [0.25, 0.3) is 0 Å². The molecule has 0 atom stereocenters. The van der Waals surface area contributed by atoms with Crippen LogP contribution in [-0.2, 0) is 0 Å². The maximum Gasteiger partial charge on any atom is 0.337 e. The Morgan fingerprint density at radius 2 is 2.24 bits per heavy atom. The van der Waals surface area contributed by atoms with E-state index >= 15 is 0 Å². The minimum absolute atomic E-state index is 0.0920. The summed E-state index contributed by atoms with van der Waals surface area (Å²) in [6.07, 6.45) is 3.54. The van der Waals surface area contributed by atoms with Gasteiger partial charge < -0.3 is 10.4 Å². The molecule has 1 aliphatic heterocycles. The number of nitrogens with zero attached hydrogens (tertiary/aromatic N) is 1. The van der Waals surface area contributed by atoms with Crippen molar-refractivity contribution in [3.05, 3.63) is 22.8 Å². The van der Waals surface area contributed by atoms with E-state index in [1.165, 1.54) is 12.3 Å². The third kappa shape index (κ3) is 3.26. The number of rotatable bonds is 3. The van der Waals surface area contributed by atoms with E-state index in [4.69, 9.17) is 16.7 Å². The predicted molar refractivity (Wildman–Crippen MR) is 70.2 cm³/mol. The summed E-state index contributed by atoms with van der Waals surface area (Å²) in [7, 11) is 0. The summed E-state index contributed by atoms with van der Waals surface area (Å²) >= 11 is 7.70. The Bertz CT molecular complexity index is 422. The molecule has 0 amide bonds. The number of thioether (sulfide) groups is 1. The molecule has 0 aliphatic carbocycles. The number of carboxylic acids is 1. The van der Waals surface area contributed by atoms with Crippen molar-refractivity contribution >= 4 is 35.1 Å². The minimum atomic E-state index is -1.03. The van der Waals surface area contributed by atoms with Crippen molar-refractivity contribution < 1.29 is 9.90 Å². The normalized spacial score (nSPS) is 16.8. The summed E-state index contributed by atoms with van der Waals surface area (Å²) in [5.41, 5.74) is 0.0920. The first kappa shape index (κ1) is 12.5. The van der Waals surface area contributed by atoms with Crippen molar-refractivity contribution in [1.82, 2.24) is 4.98 Å². The zero-order valence-corrected chi connectivity index (χ0v) is 10.7. The van der Waals surface area contributed by atoms with Gasteiger partial charge in [0.1, 0.15) is 5.82 Å². The van der Waals surface area contributed by atoms with E-state index < -0.39 is 5.97 Å². The van der Waals surface area contributed by atoms with E-state index in [1.54, 1.807) is 0 Å². The molecule has 1 aromatic heterocycles. The summed E-state index contributed by atoms with van der Waals surface area (Å²) in [5.74, 6) is 1.83. The molecule has 1 fully saturated rings. The van der Waals surface area contributed by atoms with Gasteiger partial charge in [-0.2, -0.15) is 11.8 Å². The van der Waals surface area contributed by atoms with E-state index in [1.807, 2.05) is 11.8 Å². The smallest absolute Gasteiger partial charge is 0.337 e. The van der Waals surface area contributed by atoms with Crippen LogP contribution in [0.2, 0.25) is 5.02 Å². The van der Waals surface area contributed by atoms with Gasteiger partial charge in [-0.05, 0) is 30.4 Å². The number of nitrogens with one attached hydrogen (secondary N) is 1. The fourth-order valence-electron chi connectivity index (χ4n) is 1.73. The average Bonchev–Trinajstić information content (AvgIpc) is 2.32. The van der Waals surface area contributed by atoms with Crippen LogP contribution in [0.1, 0.15) is 23.2 Å². The van der Waals surface area contributed by atoms with Crippen LogP contribution in [0.5, 0.6) is 0 Å². The molecule has 2 N–H and O–H groups in total. The molecule has 92 valence electrons. The Morgan fingerprint density at radius 1 is 1.53 bits per heavy atom. The fourth-order valence-corrected chi connectivity index (χ4v) is 3.02. The maximum atomic E-state index is 10.9. The van der Waals surface area contributed by atoms with Gasteiger partial charge in [0.15, 0.2) is 0 Å². The molecule has 0 spiro atoms. The third-order valence-electron chi connectivity index (χ3n) is 2.66. The largest absolute Gasteiger partial charge is 0.478 e. The van der Waals surface area contributed by atoms with Gasteiger partial charge in [0.2, 0.25) is 0 Å². The van der Waals surface area contributed by atoms with Gasteiger partial charge in [0, 0.05) is 12.2 Å². The number of anilines is 1. The molecule has 0 radical (unpaired) electrons. The quantitative estimate of drug-likeness (QED) is 0.886. The first-order valence-corrected chi connectivity index (χ1v) is 6.93. The number of halogens is 1. The van der Waals surface area contributed by atoms with Crippen molar-refractivity contribution in [2.24, 2.45) is 0 Å². The Morgan fingerprint density at radius 3 is 2.88 bits per heavy atom. The number of hydrogen-bond acceptors (Lipinski definition) is 4. The lowest BCUT2D eigenvalue weighted by atomic mass is 10.1. The molecule has 6 heteroatoms. The molecular formula is C11H13ClN2O2S. The lowest BCUT2D eigenvalue weighted by molar-refractivity contribution is 0.0697. The van der Waals surface area contributed by atoms with Crippen LogP contribution in [0, 0.1) is 0 Å². The second-order valence-electron chi connectivity index (χ2n) is 3.89. The molecule has 0 saturated carbocycles. The highest BCUT2D eigenvalue weighted by molar-refractivity contribution is 7.99. The van der Waals surface area contributed by atoms with E-state index in [0.717, 1.165) is 24.3 Å². The Balaban J connectivity index is 2.10. The molecule has 0 unspecified atom stereocenters. The lowest BCUT2D eigenvalue weighted by Crippen LogP contribution is -2.25. The molecule has 17 heavy (non-hydrogen) atoms. The molecule has 0 bridgehead atoms. The molecule has 2 heterocycles. The topological polar surface area (TPSA) is 62.2 Å². The predicted octanol–water partition coefficient (Wildman–Crippen LogP) is 2.74. The lowest BCUT2D eigenvalue weighted by Gasteiger charge is -2.23. The Labute approximate surface area is 109 Å². The maximum absolute atomic E-state index is 10.9. The van der Waals surface area contributed by atoms with Crippen molar-refractivity contribution in [1.29, 1.82) is 0 Å². The molecule has 1 saturated heterocycles. The van der Waals surface area contributed by atoms with Gasteiger partial charge in [-0.3, -0.25) is 0 Å². The highest BCUT2D eigenvalue weighted by atomic mass is 35.5. The van der Waals surface area contributed by atoms with E-state index in [9.17, 15) is 4.79 Å². The highest BCUT2D eigenvalue weighted by Gasteiger charge is 2.15. The van der Waals surface area contributed by atoms with E-state index in [2.05, 4.69) is 10.3 Å². The van der Waals surface area contributed by atoms with E-state index in [0.29, 0.717) is 11.9 Å². The van der Waals surface area contributed by atoms with Gasteiger partial charge >= 0.3 is 5.97 Å². The van der Waals surface area contributed by atoms with Gasteiger partial charge in [-0.15, -0.1) is 0 Å². The summed E-state index contributed by atoms with van der Waals surface area (Å²) < 4.78 is 0. The van der Waals surface area contributed by atoms with Crippen molar-refractivity contribution in [2.45, 2.75) is 18.9 Å². The van der Waals surface area contributed by atoms with Gasteiger partial charge in [-0.25, -0.2) is 9.78 Å². The van der Waals surface area contributed by atoms with Crippen LogP contribution in [0.3, 0.4) is 0 Å². The molecule has 0 aromatic carbocycles. The van der Waals surface area contributed by atoms with Crippen LogP contribution in [0.4, 0.5) is 5.82 Å². The van der Waals surface area contributed by atoms with Crippen LogP contribution in [0.15, 0.2) is 12.3 Å². The molecule has 1 aliphatic rings. The van der Waals surface area contributed by atoms with Crippen LogP contribution < -0.4 is 5.32 Å². The average molecular weight is 273 g/mol. The van der Waals surface area contributed by atoms with E-state index in [-0.39, 0.29) is 10.6 Å². The fraction of sp³-hybridized carbons (Fsp3) is 0.455. The van der Waals surface area contributed by atoms with Crippen molar-refractivity contribution in [3.63, 3.8) is 0 Å². The zero-order chi connectivity index (χ0) is 12.3. The first-order chi connectivity index (χ1) is 8.16. The summed E-state index contributed by atoms with van der Waals surface area (Å²) in [6, 6.07) is 1.87. The minimum Gasteiger partial charge on any atom is -0.478 e. The standard InChI is InChI=1S/C11H13ClN2O2S/c12-9-6-13-10(5-8(9)11(15)16)14-7-1-3-17-4-2-7/h5-7H,1-4H2,(H,13,14)(H,15,16).